The second kappa shape index (κ2) is 6.21. The van der Waals surface area contributed by atoms with E-state index in [0.29, 0.717) is 10.9 Å². The lowest BCUT2D eigenvalue weighted by atomic mass is 9.96. The largest absolute Gasteiger partial charge is 0.494 e. The number of halogens is 1. The highest BCUT2D eigenvalue weighted by molar-refractivity contribution is 6.30. The number of aromatic nitrogens is 2. The van der Waals surface area contributed by atoms with E-state index in [0.717, 1.165) is 43.1 Å². The maximum Gasteiger partial charge on any atom is 0.144 e. The van der Waals surface area contributed by atoms with Crippen LogP contribution in [0.15, 0.2) is 18.2 Å². The monoisotopic (exact) mass is 319 g/mol. The molecule has 5 heteroatoms. The quantitative estimate of drug-likeness (QED) is 0.887. The third-order valence-electron chi connectivity index (χ3n) is 4.42. The molecule has 1 aliphatic rings. The molecule has 1 aromatic carbocycles. The molecule has 3 rings (SSSR count). The fraction of sp³-hybridized carbons (Fsp3) is 0.471. The van der Waals surface area contributed by atoms with Crippen LogP contribution in [0.3, 0.4) is 0 Å². The Kier molecular flexibility index (Phi) is 4.30. The molecule has 0 fully saturated rings. The zero-order chi connectivity index (χ0) is 15.7. The molecule has 0 radical (unpaired) electrons. The van der Waals surface area contributed by atoms with Gasteiger partial charge in [-0.1, -0.05) is 25.4 Å². The number of ether oxygens (including phenoxy) is 1. The second-order valence-electron chi connectivity index (χ2n) is 5.63. The number of hydrogen-bond acceptors (Lipinski definition) is 3. The lowest BCUT2D eigenvalue weighted by Gasteiger charge is -2.12. The Balaban J connectivity index is 2.17. The van der Waals surface area contributed by atoms with E-state index in [1.165, 1.54) is 11.3 Å². The van der Waals surface area contributed by atoms with Gasteiger partial charge in [-0.3, -0.25) is 0 Å². The molecule has 22 heavy (non-hydrogen) atoms. The van der Waals surface area contributed by atoms with Crippen molar-refractivity contribution in [3.05, 3.63) is 34.5 Å². The van der Waals surface area contributed by atoms with Crippen LogP contribution in [0.1, 0.15) is 43.9 Å². The first kappa shape index (κ1) is 15.2. The Morgan fingerprint density at radius 1 is 1.36 bits per heavy atom. The summed E-state index contributed by atoms with van der Waals surface area (Å²) in [6.07, 6.45) is 3.24. The number of nitrogens with one attached hydrogen (secondary N) is 1. The van der Waals surface area contributed by atoms with E-state index in [1.54, 1.807) is 7.11 Å². The summed E-state index contributed by atoms with van der Waals surface area (Å²) in [6, 6.07) is 5.63. The van der Waals surface area contributed by atoms with Gasteiger partial charge in [-0.2, -0.15) is 5.10 Å². The molecule has 2 heterocycles. The van der Waals surface area contributed by atoms with E-state index in [9.17, 15) is 0 Å². The molecule has 0 aliphatic carbocycles. The van der Waals surface area contributed by atoms with E-state index >= 15 is 0 Å². The summed E-state index contributed by atoms with van der Waals surface area (Å²) in [5.41, 5.74) is 3.45. The fourth-order valence-electron chi connectivity index (χ4n) is 3.21. The van der Waals surface area contributed by atoms with Gasteiger partial charge in [-0.15, -0.1) is 0 Å². The number of hydrogen-bond donors (Lipinski definition) is 1. The van der Waals surface area contributed by atoms with E-state index in [4.69, 9.17) is 21.4 Å². The first-order valence-electron chi connectivity index (χ1n) is 7.89. The van der Waals surface area contributed by atoms with Gasteiger partial charge in [0.1, 0.15) is 17.3 Å². The highest BCUT2D eigenvalue weighted by Gasteiger charge is 2.27. The summed E-state index contributed by atoms with van der Waals surface area (Å²) in [4.78, 5) is 0. The van der Waals surface area contributed by atoms with Crippen LogP contribution in [-0.4, -0.2) is 23.4 Å². The van der Waals surface area contributed by atoms with E-state index < -0.39 is 0 Å². The summed E-state index contributed by atoms with van der Waals surface area (Å²) in [5.74, 6) is 2.36. The molecule has 118 valence electrons. The van der Waals surface area contributed by atoms with E-state index in [2.05, 4.69) is 19.2 Å². The van der Waals surface area contributed by atoms with Gasteiger partial charge in [0, 0.05) is 23.0 Å². The maximum absolute atomic E-state index is 6.18. The van der Waals surface area contributed by atoms with Gasteiger partial charge in [0.05, 0.1) is 12.8 Å². The number of benzene rings is 1. The summed E-state index contributed by atoms with van der Waals surface area (Å²) in [6.45, 7) is 5.41. The third-order valence-corrected chi connectivity index (χ3v) is 4.66. The minimum absolute atomic E-state index is 0.500. The Morgan fingerprint density at radius 2 is 2.14 bits per heavy atom. The molecule has 0 spiro atoms. The normalized spacial score (nSPS) is 13.3. The smallest absolute Gasteiger partial charge is 0.144 e. The van der Waals surface area contributed by atoms with Gasteiger partial charge in [0.15, 0.2) is 0 Å². The average Bonchev–Trinajstić information content (AvgIpc) is 3.12. The van der Waals surface area contributed by atoms with Gasteiger partial charge in [0.2, 0.25) is 0 Å². The predicted molar refractivity (Wildman–Crippen MR) is 90.6 cm³/mol. The van der Waals surface area contributed by atoms with Crippen LogP contribution < -0.4 is 10.1 Å². The number of nitrogens with zero attached hydrogens (tertiary/aromatic N) is 2. The Hall–Kier alpha value is -1.68. The standard InChI is InChI=1S/C17H22ClN3O/c1-4-11(5-2)16-13-8-9-19-17(13)21(20-16)14-10-12(18)6-7-15(14)22-3/h6-7,10-11,19H,4-5,8-9H2,1-3H3. The van der Waals surface area contributed by atoms with Crippen molar-refractivity contribution >= 4 is 17.4 Å². The van der Waals surface area contributed by atoms with Crippen LogP contribution >= 0.6 is 11.6 Å². The zero-order valence-electron chi connectivity index (χ0n) is 13.3. The third kappa shape index (κ3) is 2.45. The van der Waals surface area contributed by atoms with E-state index in [1.807, 2.05) is 22.9 Å². The number of rotatable bonds is 5. The molecule has 1 N–H and O–H groups in total. The summed E-state index contributed by atoms with van der Waals surface area (Å²) in [5, 5.41) is 9.06. The SMILES string of the molecule is CCC(CC)c1nn(-c2cc(Cl)ccc2OC)c2c1CCN2. The lowest BCUT2D eigenvalue weighted by Crippen LogP contribution is -2.07. The molecule has 0 amide bonds. The Morgan fingerprint density at radius 3 is 2.82 bits per heavy atom. The van der Waals surface area contributed by atoms with Crippen LogP contribution in [0.5, 0.6) is 5.75 Å². The molecular weight excluding hydrogens is 298 g/mol. The molecule has 1 aliphatic heterocycles. The van der Waals surface area contributed by atoms with Crippen LogP contribution in [0.2, 0.25) is 5.02 Å². The summed E-state index contributed by atoms with van der Waals surface area (Å²) in [7, 11) is 1.67. The van der Waals surface area contributed by atoms with E-state index in [-0.39, 0.29) is 0 Å². The van der Waals surface area contributed by atoms with Crippen LogP contribution in [0.4, 0.5) is 5.82 Å². The fourth-order valence-corrected chi connectivity index (χ4v) is 3.37. The average molecular weight is 320 g/mol. The zero-order valence-corrected chi connectivity index (χ0v) is 14.1. The number of methoxy groups -OCH3 is 1. The molecule has 0 bridgehead atoms. The topological polar surface area (TPSA) is 39.1 Å². The highest BCUT2D eigenvalue weighted by atomic mass is 35.5. The molecule has 2 aromatic rings. The summed E-state index contributed by atoms with van der Waals surface area (Å²) >= 11 is 6.18. The predicted octanol–water partition coefficient (Wildman–Crippen LogP) is 4.41. The minimum Gasteiger partial charge on any atom is -0.494 e. The first-order valence-corrected chi connectivity index (χ1v) is 8.26. The number of anilines is 1. The lowest BCUT2D eigenvalue weighted by molar-refractivity contribution is 0.411. The summed E-state index contributed by atoms with van der Waals surface area (Å²) < 4.78 is 7.45. The second-order valence-corrected chi connectivity index (χ2v) is 6.07. The maximum atomic E-state index is 6.18. The van der Waals surface area contributed by atoms with Gasteiger partial charge < -0.3 is 10.1 Å². The Bertz CT molecular complexity index is 677. The minimum atomic E-state index is 0.500. The van der Waals surface area contributed by atoms with Gasteiger partial charge >= 0.3 is 0 Å². The first-order chi connectivity index (χ1) is 10.7. The van der Waals surface area contributed by atoms with Crippen molar-refractivity contribution < 1.29 is 4.74 Å². The molecule has 4 nitrogen and oxygen atoms in total. The van der Waals surface area contributed by atoms with Crippen molar-refractivity contribution in [1.82, 2.24) is 9.78 Å². The van der Waals surface area contributed by atoms with Crippen LogP contribution in [-0.2, 0) is 6.42 Å². The van der Waals surface area contributed by atoms with Gasteiger partial charge in [-0.05, 0) is 37.5 Å². The van der Waals surface area contributed by atoms with Crippen LogP contribution in [0, 0.1) is 0 Å². The van der Waals surface area contributed by atoms with Crippen molar-refractivity contribution in [2.75, 3.05) is 19.0 Å². The molecule has 0 saturated heterocycles. The van der Waals surface area contributed by atoms with Crippen molar-refractivity contribution in [2.45, 2.75) is 39.0 Å². The van der Waals surface area contributed by atoms with Gasteiger partial charge in [0.25, 0.3) is 0 Å². The van der Waals surface area contributed by atoms with Crippen LogP contribution in [0.25, 0.3) is 5.69 Å². The van der Waals surface area contributed by atoms with Crippen molar-refractivity contribution in [3.8, 4) is 11.4 Å². The van der Waals surface area contributed by atoms with Crippen molar-refractivity contribution in [3.63, 3.8) is 0 Å². The van der Waals surface area contributed by atoms with Gasteiger partial charge in [-0.25, -0.2) is 4.68 Å². The Labute approximate surface area is 136 Å². The van der Waals surface area contributed by atoms with Crippen molar-refractivity contribution in [1.29, 1.82) is 0 Å². The molecular formula is C17H22ClN3O. The molecule has 0 atom stereocenters. The highest BCUT2D eigenvalue weighted by Crippen LogP contribution is 2.37. The number of fused-ring (bicyclic) bond motifs is 1. The molecule has 0 saturated carbocycles. The molecule has 0 unspecified atom stereocenters. The molecule has 1 aromatic heterocycles. The van der Waals surface area contributed by atoms with Crippen molar-refractivity contribution in [2.24, 2.45) is 0 Å².